The van der Waals surface area contributed by atoms with Crippen LogP contribution in [0.15, 0.2) is 18.3 Å². The Morgan fingerprint density at radius 1 is 1.28 bits per heavy atom. The maximum Gasteiger partial charge on any atom is 0.252 e. The van der Waals surface area contributed by atoms with E-state index in [-0.39, 0.29) is 18.9 Å². The van der Waals surface area contributed by atoms with Gasteiger partial charge in [-0.2, -0.15) is 10.1 Å². The molecule has 1 aliphatic carbocycles. The summed E-state index contributed by atoms with van der Waals surface area (Å²) in [6.07, 6.45) is 2.31. The summed E-state index contributed by atoms with van der Waals surface area (Å²) in [6.45, 7) is 5.15. The van der Waals surface area contributed by atoms with Crippen LogP contribution in [0.2, 0.25) is 0 Å². The molecular weight excluding hydrogens is 328 g/mol. The number of rotatable bonds is 4. The molecule has 0 bridgehead atoms. The summed E-state index contributed by atoms with van der Waals surface area (Å²) in [6, 6.07) is 3.48. The van der Waals surface area contributed by atoms with E-state index in [9.17, 15) is 13.9 Å². The van der Waals surface area contributed by atoms with Crippen molar-refractivity contribution in [2.24, 2.45) is 0 Å². The number of nitrogens with zero attached hydrogens (tertiary/aromatic N) is 4. The number of hydrogen-bond acceptors (Lipinski definition) is 5. The highest BCUT2D eigenvalue weighted by molar-refractivity contribution is 5.39. The van der Waals surface area contributed by atoms with Crippen LogP contribution in [0.5, 0.6) is 0 Å². The van der Waals surface area contributed by atoms with Gasteiger partial charge in [-0.05, 0) is 39.7 Å². The summed E-state index contributed by atoms with van der Waals surface area (Å²) >= 11 is 0. The van der Waals surface area contributed by atoms with Gasteiger partial charge in [0.1, 0.15) is 11.4 Å². The number of aryl methyl sites for hydroxylation is 1. The molecule has 1 aliphatic rings. The molecule has 0 atom stereocenters. The maximum atomic E-state index is 13.3. The van der Waals surface area contributed by atoms with Crippen LogP contribution in [-0.4, -0.2) is 36.8 Å². The highest BCUT2D eigenvalue weighted by Crippen LogP contribution is 2.34. The van der Waals surface area contributed by atoms with Crippen molar-refractivity contribution >= 4 is 5.82 Å². The molecule has 6 nitrogen and oxygen atoms in total. The Morgan fingerprint density at radius 3 is 2.56 bits per heavy atom. The Bertz CT molecular complexity index is 744. The van der Waals surface area contributed by atoms with E-state index < -0.39 is 11.5 Å². The average molecular weight is 351 g/mol. The summed E-state index contributed by atoms with van der Waals surface area (Å²) in [5.41, 5.74) is 0.208. The maximum absolute atomic E-state index is 13.3. The number of halogens is 2. The molecule has 2 aromatic rings. The van der Waals surface area contributed by atoms with Gasteiger partial charge < -0.3 is 10.4 Å². The van der Waals surface area contributed by atoms with E-state index in [0.29, 0.717) is 30.3 Å². The number of hydrogen-bond donors (Lipinski definition) is 2. The third-order valence-electron chi connectivity index (χ3n) is 4.33. The van der Waals surface area contributed by atoms with Gasteiger partial charge in [-0.1, -0.05) is 0 Å². The van der Waals surface area contributed by atoms with Crippen LogP contribution >= 0.6 is 0 Å². The second-order valence-corrected chi connectivity index (χ2v) is 7.17. The minimum absolute atomic E-state index is 0.0219. The fraction of sp³-hybridized carbons (Fsp3) is 0.588. The Kier molecular flexibility index (Phi) is 4.49. The topological polar surface area (TPSA) is 75.9 Å². The van der Waals surface area contributed by atoms with E-state index >= 15 is 0 Å². The van der Waals surface area contributed by atoms with Crippen LogP contribution in [0.1, 0.15) is 50.9 Å². The van der Waals surface area contributed by atoms with Crippen molar-refractivity contribution in [1.29, 1.82) is 0 Å². The lowest BCUT2D eigenvalue weighted by Gasteiger charge is -2.29. The van der Waals surface area contributed by atoms with Crippen molar-refractivity contribution in [3.8, 4) is 5.95 Å². The second-order valence-electron chi connectivity index (χ2n) is 7.17. The molecule has 8 heteroatoms. The number of aliphatic hydroxyl groups is 1. The number of nitrogens with one attached hydrogen (secondary N) is 1. The third-order valence-corrected chi connectivity index (χ3v) is 4.33. The van der Waals surface area contributed by atoms with Crippen molar-refractivity contribution in [2.45, 2.75) is 64.0 Å². The van der Waals surface area contributed by atoms with Crippen LogP contribution in [0.4, 0.5) is 14.6 Å². The molecule has 1 fully saturated rings. The summed E-state index contributed by atoms with van der Waals surface area (Å²) < 4.78 is 28.1. The molecule has 0 radical (unpaired) electrons. The number of alkyl halides is 2. The Balaban J connectivity index is 1.78. The van der Waals surface area contributed by atoms with Crippen LogP contribution < -0.4 is 5.32 Å². The van der Waals surface area contributed by atoms with E-state index in [2.05, 4.69) is 20.4 Å². The Hall–Kier alpha value is -2.09. The molecule has 0 spiro atoms. The lowest BCUT2D eigenvalue weighted by molar-refractivity contribution is -0.0361. The van der Waals surface area contributed by atoms with Gasteiger partial charge >= 0.3 is 0 Å². The predicted molar refractivity (Wildman–Crippen MR) is 90.0 cm³/mol. The summed E-state index contributed by atoms with van der Waals surface area (Å²) in [5.74, 6) is -1.58. The second kappa shape index (κ2) is 6.33. The van der Waals surface area contributed by atoms with Crippen LogP contribution in [0.3, 0.4) is 0 Å². The van der Waals surface area contributed by atoms with Crippen molar-refractivity contribution in [1.82, 2.24) is 19.7 Å². The summed E-state index contributed by atoms with van der Waals surface area (Å²) in [4.78, 5) is 8.80. The van der Waals surface area contributed by atoms with Crippen molar-refractivity contribution in [3.05, 3.63) is 29.7 Å². The van der Waals surface area contributed by atoms with Gasteiger partial charge in [0.05, 0.1) is 5.69 Å². The van der Waals surface area contributed by atoms with Gasteiger partial charge in [-0.25, -0.2) is 18.4 Å². The SMILES string of the molecule is Cc1cc(NC2CCC(F)(F)CC2)nc(-n2ccc(C(C)(C)O)n2)n1. The van der Waals surface area contributed by atoms with Crippen LogP contribution in [0, 0.1) is 6.92 Å². The van der Waals surface area contributed by atoms with Gasteiger partial charge in [0.2, 0.25) is 5.92 Å². The van der Waals surface area contributed by atoms with E-state index in [1.54, 1.807) is 32.2 Å². The van der Waals surface area contributed by atoms with E-state index in [1.165, 1.54) is 4.68 Å². The summed E-state index contributed by atoms with van der Waals surface area (Å²) in [7, 11) is 0. The first kappa shape index (κ1) is 17.7. The quantitative estimate of drug-likeness (QED) is 0.885. The smallest absolute Gasteiger partial charge is 0.252 e. The Morgan fingerprint density at radius 2 is 1.96 bits per heavy atom. The predicted octanol–water partition coefficient (Wildman–Crippen LogP) is 3.19. The molecule has 2 aromatic heterocycles. The molecule has 136 valence electrons. The minimum Gasteiger partial charge on any atom is -0.384 e. The van der Waals surface area contributed by atoms with Gasteiger partial charge in [0.15, 0.2) is 0 Å². The zero-order valence-corrected chi connectivity index (χ0v) is 14.6. The zero-order valence-electron chi connectivity index (χ0n) is 14.6. The first-order valence-corrected chi connectivity index (χ1v) is 8.41. The fourth-order valence-corrected chi connectivity index (χ4v) is 2.88. The van der Waals surface area contributed by atoms with Crippen LogP contribution in [-0.2, 0) is 5.60 Å². The molecule has 0 aliphatic heterocycles. The standard InChI is InChI=1S/C17H23F2N5O/c1-11-10-14(21-12-4-7-17(18,19)8-5-12)22-15(20-11)24-9-6-13(23-24)16(2,3)25/h6,9-10,12,25H,4-5,7-8H2,1-3H3,(H,20,21,22). The highest BCUT2D eigenvalue weighted by Gasteiger charge is 2.35. The molecule has 2 heterocycles. The number of anilines is 1. The lowest BCUT2D eigenvalue weighted by Crippen LogP contribution is -2.32. The van der Waals surface area contributed by atoms with Crippen molar-refractivity contribution in [2.75, 3.05) is 5.32 Å². The minimum atomic E-state index is -2.55. The largest absolute Gasteiger partial charge is 0.384 e. The molecule has 0 aromatic carbocycles. The molecule has 0 saturated heterocycles. The molecule has 0 amide bonds. The highest BCUT2D eigenvalue weighted by atomic mass is 19.3. The third kappa shape index (κ3) is 4.31. The Labute approximate surface area is 145 Å². The van der Waals surface area contributed by atoms with Gasteiger partial charge in [0.25, 0.3) is 5.95 Å². The first-order chi connectivity index (χ1) is 11.6. The monoisotopic (exact) mass is 351 g/mol. The van der Waals surface area contributed by atoms with Gasteiger partial charge in [0, 0.05) is 36.8 Å². The fourth-order valence-electron chi connectivity index (χ4n) is 2.88. The molecule has 3 rings (SSSR count). The van der Waals surface area contributed by atoms with E-state index in [4.69, 9.17) is 0 Å². The molecular formula is C17H23F2N5O. The molecule has 2 N–H and O–H groups in total. The normalized spacial score (nSPS) is 18.3. The van der Waals surface area contributed by atoms with Crippen molar-refractivity contribution in [3.63, 3.8) is 0 Å². The van der Waals surface area contributed by atoms with Gasteiger partial charge in [-0.15, -0.1) is 0 Å². The molecule has 0 unspecified atom stereocenters. The lowest BCUT2D eigenvalue weighted by atomic mass is 9.92. The molecule has 25 heavy (non-hydrogen) atoms. The van der Waals surface area contributed by atoms with Gasteiger partial charge in [-0.3, -0.25) is 0 Å². The number of aromatic nitrogens is 4. The van der Waals surface area contributed by atoms with Crippen molar-refractivity contribution < 1.29 is 13.9 Å². The molecule has 1 saturated carbocycles. The van der Waals surface area contributed by atoms with E-state index in [1.807, 2.05) is 6.92 Å². The summed E-state index contributed by atoms with van der Waals surface area (Å²) in [5, 5.41) is 17.6. The van der Waals surface area contributed by atoms with Crippen LogP contribution in [0.25, 0.3) is 5.95 Å². The zero-order chi connectivity index (χ0) is 18.2. The average Bonchev–Trinajstić information content (AvgIpc) is 2.99. The first-order valence-electron chi connectivity index (χ1n) is 8.41. The van der Waals surface area contributed by atoms with E-state index in [0.717, 1.165) is 5.69 Å².